The first-order valence-corrected chi connectivity index (χ1v) is 8.42. The van der Waals surface area contributed by atoms with Gasteiger partial charge in [0.1, 0.15) is 5.75 Å². The molecule has 0 unspecified atom stereocenters. The topological polar surface area (TPSA) is 114 Å². The maximum absolute atomic E-state index is 12.5. The number of anilines is 1. The van der Waals surface area contributed by atoms with E-state index in [0.29, 0.717) is 29.5 Å². The van der Waals surface area contributed by atoms with E-state index < -0.39 is 5.91 Å². The van der Waals surface area contributed by atoms with Crippen molar-refractivity contribution in [1.29, 1.82) is 0 Å². The Bertz CT molecular complexity index is 986. The number of hydrogen-bond donors (Lipinski definition) is 2. The van der Waals surface area contributed by atoms with Crippen LogP contribution < -0.4 is 25.3 Å². The number of carbonyl (C=O) groups excluding carboxylic acids is 1. The van der Waals surface area contributed by atoms with Gasteiger partial charge in [-0.15, -0.1) is 5.10 Å². The van der Waals surface area contributed by atoms with E-state index >= 15 is 0 Å². The predicted octanol–water partition coefficient (Wildman–Crippen LogP) is 1.81. The second-order valence-corrected chi connectivity index (χ2v) is 5.81. The van der Waals surface area contributed by atoms with E-state index in [2.05, 4.69) is 15.6 Å². The van der Waals surface area contributed by atoms with Crippen molar-refractivity contribution in [3.05, 3.63) is 53.7 Å². The van der Waals surface area contributed by atoms with Crippen molar-refractivity contribution in [3.8, 4) is 22.9 Å². The predicted molar refractivity (Wildman–Crippen MR) is 103 cm³/mol. The third-order valence-corrected chi connectivity index (χ3v) is 4.12. The van der Waals surface area contributed by atoms with Crippen LogP contribution in [0.2, 0.25) is 0 Å². The summed E-state index contributed by atoms with van der Waals surface area (Å²) in [6.07, 6.45) is 0. The summed E-state index contributed by atoms with van der Waals surface area (Å²) in [6, 6.07) is 12.6. The van der Waals surface area contributed by atoms with Crippen molar-refractivity contribution in [3.63, 3.8) is 0 Å². The highest BCUT2D eigenvalue weighted by Crippen LogP contribution is 2.29. The summed E-state index contributed by atoms with van der Waals surface area (Å²) >= 11 is 0. The molecule has 9 heteroatoms. The first-order chi connectivity index (χ1) is 13.6. The first-order valence-electron chi connectivity index (χ1n) is 8.42. The van der Waals surface area contributed by atoms with Crippen LogP contribution in [-0.4, -0.2) is 42.2 Å². The van der Waals surface area contributed by atoms with Gasteiger partial charge in [-0.3, -0.25) is 4.79 Å². The van der Waals surface area contributed by atoms with E-state index in [4.69, 9.17) is 19.9 Å². The average Bonchev–Trinajstić information content (AvgIpc) is 3.13. The number of ether oxygens (including phenoxy) is 3. The van der Waals surface area contributed by atoms with Crippen LogP contribution in [0, 0.1) is 0 Å². The molecule has 2 aromatic carbocycles. The van der Waals surface area contributed by atoms with Gasteiger partial charge in [0.15, 0.2) is 23.0 Å². The van der Waals surface area contributed by atoms with E-state index in [-0.39, 0.29) is 11.5 Å². The summed E-state index contributed by atoms with van der Waals surface area (Å²) in [5.74, 6) is 1.49. The summed E-state index contributed by atoms with van der Waals surface area (Å²) in [5.41, 5.74) is 7.62. The fourth-order valence-corrected chi connectivity index (χ4v) is 2.65. The number of methoxy groups -OCH3 is 3. The average molecular weight is 383 g/mol. The number of rotatable bonds is 7. The van der Waals surface area contributed by atoms with E-state index in [0.717, 1.165) is 5.56 Å². The van der Waals surface area contributed by atoms with Crippen molar-refractivity contribution >= 4 is 11.7 Å². The molecule has 0 aliphatic rings. The van der Waals surface area contributed by atoms with Crippen LogP contribution in [0.3, 0.4) is 0 Å². The van der Waals surface area contributed by atoms with Crippen molar-refractivity contribution in [2.24, 2.45) is 0 Å². The molecule has 1 aromatic heterocycles. The molecule has 28 heavy (non-hydrogen) atoms. The summed E-state index contributed by atoms with van der Waals surface area (Å²) < 4.78 is 17.0. The fraction of sp³-hybridized carbons (Fsp3) is 0.211. The molecule has 0 bridgehead atoms. The molecule has 0 aliphatic carbocycles. The van der Waals surface area contributed by atoms with Crippen LogP contribution in [0.4, 0.5) is 5.82 Å². The van der Waals surface area contributed by atoms with Gasteiger partial charge in [0.25, 0.3) is 5.91 Å². The molecule has 3 N–H and O–H groups in total. The molecule has 0 spiro atoms. The van der Waals surface area contributed by atoms with Gasteiger partial charge >= 0.3 is 0 Å². The summed E-state index contributed by atoms with van der Waals surface area (Å²) in [5, 5.41) is 10.7. The van der Waals surface area contributed by atoms with Gasteiger partial charge in [0, 0.05) is 12.6 Å². The summed E-state index contributed by atoms with van der Waals surface area (Å²) in [4.78, 5) is 12.5. The summed E-state index contributed by atoms with van der Waals surface area (Å²) in [7, 11) is 4.67. The molecule has 3 rings (SSSR count). The number of benzene rings is 2. The molecule has 0 saturated heterocycles. The minimum Gasteiger partial charge on any atom is -0.497 e. The van der Waals surface area contributed by atoms with Crippen LogP contribution in [0.5, 0.6) is 17.2 Å². The maximum Gasteiger partial charge on any atom is 0.275 e. The third kappa shape index (κ3) is 3.83. The van der Waals surface area contributed by atoms with E-state index in [1.54, 1.807) is 32.4 Å². The number of nitrogens with zero attached hydrogens (tertiary/aromatic N) is 3. The van der Waals surface area contributed by atoms with Gasteiger partial charge in [-0.1, -0.05) is 17.3 Å². The Kier molecular flexibility index (Phi) is 5.64. The smallest absolute Gasteiger partial charge is 0.275 e. The van der Waals surface area contributed by atoms with Crippen molar-refractivity contribution in [2.45, 2.75) is 6.54 Å². The van der Waals surface area contributed by atoms with Gasteiger partial charge < -0.3 is 25.3 Å². The van der Waals surface area contributed by atoms with E-state index in [1.165, 1.54) is 11.8 Å². The number of amides is 1. The van der Waals surface area contributed by atoms with Gasteiger partial charge in [-0.25, -0.2) is 0 Å². The highest BCUT2D eigenvalue weighted by Gasteiger charge is 2.19. The molecule has 0 fully saturated rings. The molecule has 0 saturated carbocycles. The number of carbonyl (C=O) groups is 1. The molecule has 9 nitrogen and oxygen atoms in total. The van der Waals surface area contributed by atoms with Crippen molar-refractivity contribution in [2.75, 3.05) is 27.1 Å². The van der Waals surface area contributed by atoms with Crippen molar-refractivity contribution in [1.82, 2.24) is 20.3 Å². The molecule has 1 heterocycles. The van der Waals surface area contributed by atoms with Crippen LogP contribution in [0.25, 0.3) is 5.69 Å². The van der Waals surface area contributed by atoms with Gasteiger partial charge in [0.2, 0.25) is 0 Å². The second kappa shape index (κ2) is 8.30. The second-order valence-electron chi connectivity index (χ2n) is 5.81. The molecular weight excluding hydrogens is 362 g/mol. The number of nitrogens with one attached hydrogen (secondary N) is 1. The Morgan fingerprint density at radius 3 is 2.57 bits per heavy atom. The molecule has 146 valence electrons. The highest BCUT2D eigenvalue weighted by molar-refractivity contribution is 5.96. The highest BCUT2D eigenvalue weighted by atomic mass is 16.5. The minimum absolute atomic E-state index is 0.0395. The van der Waals surface area contributed by atoms with Crippen LogP contribution >= 0.6 is 0 Å². The number of nitrogen functional groups attached to an aromatic ring is 1. The minimum atomic E-state index is -0.424. The SMILES string of the molecule is COc1cccc(CNC(=O)c2nnn(-c3ccc(OC)c(OC)c3)c2N)c1. The maximum atomic E-state index is 12.5. The summed E-state index contributed by atoms with van der Waals surface area (Å²) in [6.45, 7) is 0.304. The fourth-order valence-electron chi connectivity index (χ4n) is 2.65. The standard InChI is InChI=1S/C19H21N5O4/c1-26-14-6-4-5-12(9-14)11-21-19(25)17-18(20)24(23-22-17)13-7-8-15(27-2)16(10-13)28-3/h4-10H,11,20H2,1-3H3,(H,21,25). The lowest BCUT2D eigenvalue weighted by Gasteiger charge is -2.10. The van der Waals surface area contributed by atoms with E-state index in [1.807, 2.05) is 24.3 Å². The molecule has 0 radical (unpaired) electrons. The van der Waals surface area contributed by atoms with Gasteiger partial charge in [-0.2, -0.15) is 4.68 Å². The van der Waals surface area contributed by atoms with Gasteiger partial charge in [0.05, 0.1) is 27.0 Å². The van der Waals surface area contributed by atoms with Crippen LogP contribution in [0.1, 0.15) is 16.1 Å². The Morgan fingerprint density at radius 2 is 1.86 bits per heavy atom. The Labute approximate surface area is 162 Å². The monoisotopic (exact) mass is 383 g/mol. The lowest BCUT2D eigenvalue weighted by atomic mass is 10.2. The largest absolute Gasteiger partial charge is 0.497 e. The number of hydrogen-bond acceptors (Lipinski definition) is 7. The zero-order valence-corrected chi connectivity index (χ0v) is 15.8. The van der Waals surface area contributed by atoms with Gasteiger partial charge in [-0.05, 0) is 29.8 Å². The Hall–Kier alpha value is -3.75. The Morgan fingerprint density at radius 1 is 1.07 bits per heavy atom. The molecular formula is C19H21N5O4. The quantitative estimate of drug-likeness (QED) is 0.639. The Balaban J connectivity index is 1.77. The van der Waals surface area contributed by atoms with Crippen molar-refractivity contribution < 1.29 is 19.0 Å². The molecule has 3 aromatic rings. The lowest BCUT2D eigenvalue weighted by molar-refractivity contribution is 0.0946. The molecule has 0 atom stereocenters. The number of aromatic nitrogens is 3. The molecule has 0 aliphatic heterocycles. The zero-order valence-electron chi connectivity index (χ0n) is 15.8. The third-order valence-electron chi connectivity index (χ3n) is 4.12. The van der Waals surface area contributed by atoms with E-state index in [9.17, 15) is 4.79 Å². The molecule has 1 amide bonds. The number of nitrogens with two attached hydrogens (primary N) is 1. The van der Waals surface area contributed by atoms with Crippen LogP contribution in [-0.2, 0) is 6.54 Å². The van der Waals surface area contributed by atoms with Crippen LogP contribution in [0.15, 0.2) is 42.5 Å². The first kappa shape index (κ1) is 19.0. The lowest BCUT2D eigenvalue weighted by Crippen LogP contribution is -2.24. The normalized spacial score (nSPS) is 10.4. The zero-order chi connectivity index (χ0) is 20.1.